The molecule has 1 saturated carbocycles. The Labute approximate surface area is 263 Å². The average molecular weight is 617 g/mol. The molecule has 0 saturated heterocycles. The number of benzene rings is 1. The van der Waals surface area contributed by atoms with Crippen molar-refractivity contribution in [2.24, 2.45) is 17.6 Å². The number of aliphatic hydroxyl groups is 1. The number of nitrogens with one attached hydrogen (secondary N) is 2. The van der Waals surface area contributed by atoms with Crippen LogP contribution in [0.15, 0.2) is 30.3 Å². The first-order valence-electron chi connectivity index (χ1n) is 16.3. The summed E-state index contributed by atoms with van der Waals surface area (Å²) in [7, 11) is 1.58. The van der Waals surface area contributed by atoms with Crippen molar-refractivity contribution in [3.63, 3.8) is 0 Å². The van der Waals surface area contributed by atoms with Crippen LogP contribution in [-0.2, 0) is 25.5 Å². The fraction of sp³-hybridized carbons (Fsp3) is 0.706. The lowest BCUT2D eigenvalue weighted by Crippen LogP contribution is -2.57. The monoisotopic (exact) mass is 616 g/mol. The minimum Gasteiger partial charge on any atom is -0.444 e. The molecule has 1 aromatic rings. The van der Waals surface area contributed by atoms with E-state index in [1.54, 1.807) is 34.7 Å². The molecule has 0 aromatic heterocycles. The highest BCUT2D eigenvalue weighted by Gasteiger charge is 2.35. The number of aryl methyl sites for hydroxylation is 1. The first kappa shape index (κ1) is 37.0. The van der Waals surface area contributed by atoms with E-state index < -0.39 is 53.7 Å². The van der Waals surface area contributed by atoms with Gasteiger partial charge in [-0.3, -0.25) is 14.4 Å². The van der Waals surface area contributed by atoms with Crippen molar-refractivity contribution in [3.05, 3.63) is 35.9 Å². The van der Waals surface area contributed by atoms with Crippen molar-refractivity contribution in [2.45, 2.75) is 135 Å². The van der Waals surface area contributed by atoms with Crippen LogP contribution < -0.4 is 16.4 Å². The van der Waals surface area contributed by atoms with Crippen LogP contribution in [0.4, 0.5) is 4.79 Å². The molecule has 0 aliphatic heterocycles. The van der Waals surface area contributed by atoms with E-state index in [0.29, 0.717) is 38.0 Å². The zero-order valence-electron chi connectivity index (χ0n) is 27.6. The van der Waals surface area contributed by atoms with Crippen molar-refractivity contribution in [2.75, 3.05) is 7.05 Å². The summed E-state index contributed by atoms with van der Waals surface area (Å²) in [5.41, 5.74) is 5.75. The number of aliphatic hydroxyl groups excluding tert-OH is 1. The Hall–Kier alpha value is -3.14. The quantitative estimate of drug-likeness (QED) is 0.215. The van der Waals surface area contributed by atoms with E-state index in [4.69, 9.17) is 10.5 Å². The Balaban J connectivity index is 2.25. The standard InChI is InChI=1S/C34H56N4O6/c1-7-14-28(31(41)36-27(22-25-17-12-9-13-18-25)29(39)21-23(2)30(35)40)38(6)32(42)26(37-33(43)44-34(3,4)5)20-19-24-15-10-8-11-16-24/h8,10-11,15-16,23,25-29,39H,7,9,12-14,17-22H2,1-6H3,(H2,35,40)(H,36,41)(H,37,43)/t23-,26+,27+,28+,29+/m1/s1. The van der Waals surface area contributed by atoms with Gasteiger partial charge in [0.25, 0.3) is 0 Å². The number of amides is 4. The van der Waals surface area contributed by atoms with Crippen LogP contribution in [0.25, 0.3) is 0 Å². The number of hydrogen-bond donors (Lipinski definition) is 4. The zero-order chi connectivity index (χ0) is 32.9. The summed E-state index contributed by atoms with van der Waals surface area (Å²) in [6, 6.07) is 7.37. The summed E-state index contributed by atoms with van der Waals surface area (Å²) in [6.07, 6.45) is 6.44. The van der Waals surface area contributed by atoms with Crippen LogP contribution >= 0.6 is 0 Å². The predicted octanol–water partition coefficient (Wildman–Crippen LogP) is 4.47. The maximum absolute atomic E-state index is 13.9. The van der Waals surface area contributed by atoms with Crippen LogP contribution in [0.1, 0.15) is 104 Å². The highest BCUT2D eigenvalue weighted by atomic mass is 16.6. The van der Waals surface area contributed by atoms with E-state index in [9.17, 15) is 24.3 Å². The minimum absolute atomic E-state index is 0.140. The number of nitrogens with zero attached hydrogens (tertiary/aromatic N) is 1. The highest BCUT2D eigenvalue weighted by molar-refractivity contribution is 5.91. The number of carbonyl (C=O) groups is 4. The molecule has 1 aromatic carbocycles. The highest BCUT2D eigenvalue weighted by Crippen LogP contribution is 2.29. The molecule has 0 spiro atoms. The summed E-state index contributed by atoms with van der Waals surface area (Å²) in [5, 5.41) is 16.9. The summed E-state index contributed by atoms with van der Waals surface area (Å²) < 4.78 is 5.44. The molecule has 10 nitrogen and oxygen atoms in total. The Morgan fingerprint density at radius 3 is 2.25 bits per heavy atom. The molecule has 248 valence electrons. The van der Waals surface area contributed by atoms with E-state index in [-0.39, 0.29) is 12.3 Å². The maximum Gasteiger partial charge on any atom is 0.408 e. The lowest BCUT2D eigenvalue weighted by Gasteiger charge is -2.35. The van der Waals surface area contributed by atoms with Gasteiger partial charge >= 0.3 is 6.09 Å². The lowest BCUT2D eigenvalue weighted by atomic mass is 9.82. The summed E-state index contributed by atoms with van der Waals surface area (Å²) in [4.78, 5) is 53.6. The molecule has 5 N–H and O–H groups in total. The van der Waals surface area contributed by atoms with Gasteiger partial charge < -0.3 is 31.1 Å². The SMILES string of the molecule is CCC[C@@H](C(=O)N[C@@H](CC1CCCCC1)[C@@H](O)C[C@@H](C)C(N)=O)N(C)C(=O)[C@H](CCc1ccccc1)NC(=O)OC(C)(C)C. The fourth-order valence-electron chi connectivity index (χ4n) is 5.85. The number of primary amides is 1. The van der Waals surface area contributed by atoms with Gasteiger partial charge in [0.15, 0.2) is 0 Å². The first-order valence-corrected chi connectivity index (χ1v) is 16.3. The van der Waals surface area contributed by atoms with Crippen molar-refractivity contribution >= 4 is 23.8 Å². The van der Waals surface area contributed by atoms with Gasteiger partial charge in [-0.15, -0.1) is 0 Å². The topological polar surface area (TPSA) is 151 Å². The molecular formula is C34H56N4O6. The summed E-state index contributed by atoms with van der Waals surface area (Å²) in [6.45, 7) is 8.87. The number of nitrogens with two attached hydrogens (primary N) is 1. The smallest absolute Gasteiger partial charge is 0.408 e. The summed E-state index contributed by atoms with van der Waals surface area (Å²) in [5.74, 6) is -1.45. The van der Waals surface area contributed by atoms with E-state index in [2.05, 4.69) is 10.6 Å². The molecule has 44 heavy (non-hydrogen) atoms. The third kappa shape index (κ3) is 12.8. The number of likely N-dealkylation sites (N-methyl/N-ethyl adjacent to an activating group) is 1. The van der Waals surface area contributed by atoms with Gasteiger partial charge in [0, 0.05) is 13.0 Å². The molecule has 0 bridgehead atoms. The number of alkyl carbamates (subject to hydrolysis) is 1. The van der Waals surface area contributed by atoms with Gasteiger partial charge in [0.05, 0.1) is 12.1 Å². The second-order valence-electron chi connectivity index (χ2n) is 13.4. The molecule has 1 aliphatic carbocycles. The van der Waals surface area contributed by atoms with Gasteiger partial charge in [0.1, 0.15) is 17.7 Å². The van der Waals surface area contributed by atoms with Gasteiger partial charge in [-0.25, -0.2) is 4.79 Å². The summed E-state index contributed by atoms with van der Waals surface area (Å²) >= 11 is 0. The molecule has 0 unspecified atom stereocenters. The molecule has 1 fully saturated rings. The van der Waals surface area contributed by atoms with E-state index in [1.807, 2.05) is 37.3 Å². The van der Waals surface area contributed by atoms with Gasteiger partial charge in [0.2, 0.25) is 17.7 Å². The molecule has 10 heteroatoms. The Morgan fingerprint density at radius 2 is 1.68 bits per heavy atom. The van der Waals surface area contributed by atoms with Crippen molar-refractivity contribution < 1.29 is 29.0 Å². The van der Waals surface area contributed by atoms with E-state index >= 15 is 0 Å². The minimum atomic E-state index is -0.959. The van der Waals surface area contributed by atoms with E-state index in [1.165, 1.54) is 11.3 Å². The molecule has 0 radical (unpaired) electrons. The Bertz CT molecular complexity index is 1050. The van der Waals surface area contributed by atoms with Crippen LogP contribution in [-0.4, -0.2) is 70.7 Å². The molecule has 2 rings (SSSR count). The second kappa shape index (κ2) is 18.0. The Morgan fingerprint density at radius 1 is 1.05 bits per heavy atom. The lowest BCUT2D eigenvalue weighted by molar-refractivity contribution is -0.141. The number of hydrogen-bond acceptors (Lipinski definition) is 6. The van der Waals surface area contributed by atoms with Crippen molar-refractivity contribution in [3.8, 4) is 0 Å². The largest absolute Gasteiger partial charge is 0.444 e. The fourth-order valence-corrected chi connectivity index (χ4v) is 5.85. The van der Waals surface area contributed by atoms with Crippen LogP contribution in [0.3, 0.4) is 0 Å². The number of rotatable bonds is 16. The molecule has 4 amide bonds. The van der Waals surface area contributed by atoms with Gasteiger partial charge in [-0.1, -0.05) is 82.7 Å². The Kier molecular flexibility index (Phi) is 15.1. The van der Waals surface area contributed by atoms with Crippen LogP contribution in [0.2, 0.25) is 0 Å². The number of ether oxygens (including phenoxy) is 1. The van der Waals surface area contributed by atoms with Gasteiger partial charge in [-0.05, 0) is 64.4 Å². The second-order valence-corrected chi connectivity index (χ2v) is 13.4. The third-order valence-corrected chi connectivity index (χ3v) is 8.42. The first-order chi connectivity index (χ1) is 20.7. The molecule has 1 aliphatic rings. The van der Waals surface area contributed by atoms with Crippen molar-refractivity contribution in [1.82, 2.24) is 15.5 Å². The van der Waals surface area contributed by atoms with Crippen LogP contribution in [0.5, 0.6) is 0 Å². The molecular weight excluding hydrogens is 560 g/mol. The van der Waals surface area contributed by atoms with E-state index in [0.717, 1.165) is 31.2 Å². The predicted molar refractivity (Wildman–Crippen MR) is 171 cm³/mol. The zero-order valence-corrected chi connectivity index (χ0v) is 27.6. The number of carbonyl (C=O) groups excluding carboxylic acids is 4. The van der Waals surface area contributed by atoms with Crippen molar-refractivity contribution in [1.29, 1.82) is 0 Å². The molecule has 0 heterocycles. The third-order valence-electron chi connectivity index (χ3n) is 8.42. The molecule has 5 atom stereocenters. The average Bonchev–Trinajstić information content (AvgIpc) is 2.96. The van der Waals surface area contributed by atoms with Crippen LogP contribution in [0, 0.1) is 11.8 Å². The normalized spacial score (nSPS) is 17.4. The maximum atomic E-state index is 13.9. The van der Waals surface area contributed by atoms with Gasteiger partial charge in [-0.2, -0.15) is 0 Å².